The Labute approximate surface area is 124 Å². The van der Waals surface area contributed by atoms with E-state index in [1.54, 1.807) is 0 Å². The fourth-order valence-corrected chi connectivity index (χ4v) is 2.91. The predicted octanol–water partition coefficient (Wildman–Crippen LogP) is 2.78. The number of hydrogen-bond acceptors (Lipinski definition) is 3. The zero-order valence-corrected chi connectivity index (χ0v) is 12.9. The van der Waals surface area contributed by atoms with Crippen molar-refractivity contribution in [3.63, 3.8) is 0 Å². The summed E-state index contributed by atoms with van der Waals surface area (Å²) in [7, 11) is 0. The van der Waals surface area contributed by atoms with Gasteiger partial charge >= 0.3 is 0 Å². The van der Waals surface area contributed by atoms with Crippen LogP contribution in [0.25, 0.3) is 0 Å². The standard InChI is InChI=1S/C15H23BrN2O/c16-14-4-1-3-13(11-14)12-18-8-5-15(6-9-18)19-10-2-7-17/h1,3-4,11,15H,2,5-10,12,17H2. The molecule has 0 unspecified atom stereocenters. The molecule has 0 saturated carbocycles. The lowest BCUT2D eigenvalue weighted by Gasteiger charge is -2.32. The minimum absolute atomic E-state index is 0.435. The van der Waals surface area contributed by atoms with Gasteiger partial charge in [-0.15, -0.1) is 0 Å². The van der Waals surface area contributed by atoms with Crippen LogP contribution < -0.4 is 5.73 Å². The molecular weight excluding hydrogens is 304 g/mol. The normalized spacial score (nSPS) is 17.8. The highest BCUT2D eigenvalue weighted by atomic mass is 79.9. The Bertz CT molecular complexity index is 378. The summed E-state index contributed by atoms with van der Waals surface area (Å²) in [6.45, 7) is 4.82. The van der Waals surface area contributed by atoms with Gasteiger partial charge in [0, 0.05) is 30.7 Å². The van der Waals surface area contributed by atoms with Gasteiger partial charge in [0.2, 0.25) is 0 Å². The fraction of sp³-hybridized carbons (Fsp3) is 0.600. The maximum atomic E-state index is 5.83. The number of likely N-dealkylation sites (tertiary alicyclic amines) is 1. The number of rotatable bonds is 6. The summed E-state index contributed by atoms with van der Waals surface area (Å²) in [6.07, 6.45) is 3.68. The van der Waals surface area contributed by atoms with E-state index in [4.69, 9.17) is 10.5 Å². The Hall–Kier alpha value is -0.420. The van der Waals surface area contributed by atoms with Gasteiger partial charge in [0.25, 0.3) is 0 Å². The van der Waals surface area contributed by atoms with Crippen LogP contribution in [0.1, 0.15) is 24.8 Å². The first kappa shape index (κ1) is 15.0. The highest BCUT2D eigenvalue weighted by molar-refractivity contribution is 9.10. The van der Waals surface area contributed by atoms with E-state index < -0.39 is 0 Å². The van der Waals surface area contributed by atoms with Gasteiger partial charge in [0.1, 0.15) is 0 Å². The molecule has 0 aliphatic carbocycles. The number of ether oxygens (including phenoxy) is 1. The monoisotopic (exact) mass is 326 g/mol. The minimum atomic E-state index is 0.435. The second-order valence-electron chi connectivity index (χ2n) is 5.12. The van der Waals surface area contributed by atoms with E-state index >= 15 is 0 Å². The van der Waals surface area contributed by atoms with E-state index in [1.165, 1.54) is 5.56 Å². The van der Waals surface area contributed by atoms with Crippen molar-refractivity contribution in [2.75, 3.05) is 26.2 Å². The van der Waals surface area contributed by atoms with E-state index in [-0.39, 0.29) is 0 Å². The summed E-state index contributed by atoms with van der Waals surface area (Å²) in [5.41, 5.74) is 6.84. The van der Waals surface area contributed by atoms with E-state index in [0.29, 0.717) is 6.10 Å². The Kier molecular flexibility index (Phi) is 6.31. The average molecular weight is 327 g/mol. The SMILES string of the molecule is NCCCOC1CCN(Cc2cccc(Br)c2)CC1. The van der Waals surface area contributed by atoms with Gasteiger partial charge in [-0.2, -0.15) is 0 Å². The van der Waals surface area contributed by atoms with Crippen LogP contribution in [0, 0.1) is 0 Å². The number of hydrogen-bond donors (Lipinski definition) is 1. The third-order valence-corrected chi connectivity index (χ3v) is 4.03. The first-order valence-corrected chi connectivity index (χ1v) is 7.85. The Balaban J connectivity index is 1.71. The van der Waals surface area contributed by atoms with Crippen LogP contribution in [0.5, 0.6) is 0 Å². The molecule has 4 heteroatoms. The molecular formula is C15H23BrN2O. The van der Waals surface area contributed by atoms with Crippen LogP contribution in [0.3, 0.4) is 0 Å². The number of benzene rings is 1. The quantitative estimate of drug-likeness (QED) is 0.817. The molecule has 0 spiro atoms. The van der Waals surface area contributed by atoms with E-state index in [9.17, 15) is 0 Å². The summed E-state index contributed by atoms with van der Waals surface area (Å²) >= 11 is 3.52. The Morgan fingerprint density at radius 2 is 2.11 bits per heavy atom. The molecule has 106 valence electrons. The summed E-state index contributed by atoms with van der Waals surface area (Å²) in [6, 6.07) is 8.56. The fourth-order valence-electron chi connectivity index (χ4n) is 2.46. The van der Waals surface area contributed by atoms with Crippen LogP contribution in [0.15, 0.2) is 28.7 Å². The summed E-state index contributed by atoms with van der Waals surface area (Å²) < 4.78 is 6.98. The molecule has 0 aromatic heterocycles. The topological polar surface area (TPSA) is 38.5 Å². The van der Waals surface area contributed by atoms with Crippen molar-refractivity contribution in [1.82, 2.24) is 4.90 Å². The molecule has 0 radical (unpaired) electrons. The molecule has 19 heavy (non-hydrogen) atoms. The molecule has 1 saturated heterocycles. The number of nitrogens with zero attached hydrogens (tertiary/aromatic N) is 1. The molecule has 1 aromatic carbocycles. The number of piperidine rings is 1. The van der Waals surface area contributed by atoms with Crippen molar-refractivity contribution in [1.29, 1.82) is 0 Å². The lowest BCUT2D eigenvalue weighted by molar-refractivity contribution is 0.00563. The van der Waals surface area contributed by atoms with Crippen molar-refractivity contribution in [2.45, 2.75) is 31.9 Å². The summed E-state index contributed by atoms with van der Waals surface area (Å²) in [5.74, 6) is 0. The van der Waals surface area contributed by atoms with Crippen LogP contribution in [0.2, 0.25) is 0 Å². The first-order chi connectivity index (χ1) is 9.28. The first-order valence-electron chi connectivity index (χ1n) is 7.06. The Morgan fingerprint density at radius 3 is 2.79 bits per heavy atom. The highest BCUT2D eigenvalue weighted by Crippen LogP contribution is 2.18. The largest absolute Gasteiger partial charge is 0.378 e. The molecule has 2 rings (SSSR count). The van der Waals surface area contributed by atoms with Gasteiger partial charge in [0.15, 0.2) is 0 Å². The van der Waals surface area contributed by atoms with E-state index in [2.05, 4.69) is 45.1 Å². The van der Waals surface area contributed by atoms with E-state index in [1.807, 2.05) is 0 Å². The second kappa shape index (κ2) is 8.00. The highest BCUT2D eigenvalue weighted by Gasteiger charge is 2.19. The van der Waals surface area contributed by atoms with Gasteiger partial charge in [-0.1, -0.05) is 28.1 Å². The maximum Gasteiger partial charge on any atom is 0.0599 e. The minimum Gasteiger partial charge on any atom is -0.378 e. The molecule has 1 aliphatic rings. The van der Waals surface area contributed by atoms with Crippen molar-refractivity contribution in [3.05, 3.63) is 34.3 Å². The molecule has 0 amide bonds. The molecule has 1 aromatic rings. The second-order valence-corrected chi connectivity index (χ2v) is 6.03. The van der Waals surface area contributed by atoms with Gasteiger partial charge in [-0.3, -0.25) is 4.90 Å². The van der Waals surface area contributed by atoms with Gasteiger partial charge < -0.3 is 10.5 Å². The summed E-state index contributed by atoms with van der Waals surface area (Å²) in [4.78, 5) is 2.50. The lowest BCUT2D eigenvalue weighted by atomic mass is 10.1. The van der Waals surface area contributed by atoms with Crippen molar-refractivity contribution in [3.8, 4) is 0 Å². The molecule has 1 aliphatic heterocycles. The van der Waals surface area contributed by atoms with Crippen molar-refractivity contribution in [2.24, 2.45) is 5.73 Å². The maximum absolute atomic E-state index is 5.83. The lowest BCUT2D eigenvalue weighted by Crippen LogP contribution is -2.36. The predicted molar refractivity (Wildman–Crippen MR) is 82.1 cm³/mol. The van der Waals surface area contributed by atoms with Gasteiger partial charge in [0.05, 0.1) is 6.10 Å². The van der Waals surface area contributed by atoms with Crippen molar-refractivity contribution >= 4 is 15.9 Å². The zero-order chi connectivity index (χ0) is 13.5. The van der Waals surface area contributed by atoms with Crippen LogP contribution in [-0.2, 0) is 11.3 Å². The third-order valence-electron chi connectivity index (χ3n) is 3.53. The molecule has 0 atom stereocenters. The Morgan fingerprint density at radius 1 is 1.32 bits per heavy atom. The average Bonchev–Trinajstić information content (AvgIpc) is 2.41. The number of halogens is 1. The van der Waals surface area contributed by atoms with E-state index in [0.717, 1.165) is 56.5 Å². The molecule has 1 fully saturated rings. The number of nitrogens with two attached hydrogens (primary N) is 1. The zero-order valence-electron chi connectivity index (χ0n) is 11.4. The van der Waals surface area contributed by atoms with Crippen LogP contribution >= 0.6 is 15.9 Å². The molecule has 1 heterocycles. The smallest absolute Gasteiger partial charge is 0.0599 e. The third kappa shape index (κ3) is 5.22. The molecule has 3 nitrogen and oxygen atoms in total. The van der Waals surface area contributed by atoms with Crippen LogP contribution in [-0.4, -0.2) is 37.2 Å². The summed E-state index contributed by atoms with van der Waals surface area (Å²) in [5, 5.41) is 0. The van der Waals surface area contributed by atoms with Gasteiger partial charge in [-0.05, 0) is 43.5 Å². The molecule has 0 bridgehead atoms. The van der Waals surface area contributed by atoms with Crippen molar-refractivity contribution < 1.29 is 4.74 Å². The molecule has 2 N–H and O–H groups in total. The van der Waals surface area contributed by atoms with Crippen LogP contribution in [0.4, 0.5) is 0 Å². The van der Waals surface area contributed by atoms with Gasteiger partial charge in [-0.25, -0.2) is 0 Å².